The van der Waals surface area contributed by atoms with Gasteiger partial charge in [0.25, 0.3) is 0 Å². The molecule has 0 aliphatic rings. The Labute approximate surface area is 165 Å². The van der Waals surface area contributed by atoms with Crippen LogP contribution < -0.4 is 10.1 Å². The number of amides is 1. The highest BCUT2D eigenvalue weighted by Gasteiger charge is 2.10. The number of hydrogen-bond donors (Lipinski definition) is 1. The average Bonchev–Trinajstić information content (AvgIpc) is 2.95. The molecule has 1 heterocycles. The number of anilines is 1. The number of halogens is 2. The van der Waals surface area contributed by atoms with Crippen molar-refractivity contribution in [2.24, 2.45) is 0 Å². The lowest BCUT2D eigenvalue weighted by Gasteiger charge is -2.07. The fraction of sp³-hybridized carbons (Fsp3) is 0.158. The van der Waals surface area contributed by atoms with E-state index in [9.17, 15) is 4.79 Å². The van der Waals surface area contributed by atoms with Crippen molar-refractivity contribution in [3.05, 3.63) is 57.1 Å². The van der Waals surface area contributed by atoms with Crippen molar-refractivity contribution in [1.82, 2.24) is 4.98 Å². The van der Waals surface area contributed by atoms with E-state index in [0.29, 0.717) is 26.5 Å². The summed E-state index contributed by atoms with van der Waals surface area (Å²) in [5, 5.41) is 4.20. The molecule has 0 radical (unpaired) electrons. The van der Waals surface area contributed by atoms with Crippen LogP contribution in [-0.4, -0.2) is 18.0 Å². The van der Waals surface area contributed by atoms with Crippen molar-refractivity contribution < 1.29 is 9.53 Å². The second-order valence-electron chi connectivity index (χ2n) is 5.78. The Balaban J connectivity index is 1.81. The van der Waals surface area contributed by atoms with E-state index in [1.165, 1.54) is 30.1 Å². The fourth-order valence-corrected chi connectivity index (χ4v) is 4.29. The highest BCUT2D eigenvalue weighted by atomic mass is 35.5. The summed E-state index contributed by atoms with van der Waals surface area (Å²) in [5.41, 5.74) is 3.78. The molecule has 0 fully saturated rings. The summed E-state index contributed by atoms with van der Waals surface area (Å²) in [5.74, 6) is 0.169. The first-order valence-electron chi connectivity index (χ1n) is 7.77. The minimum Gasteiger partial charge on any atom is -0.495 e. The molecule has 4 nitrogen and oxygen atoms in total. The van der Waals surface area contributed by atoms with Crippen molar-refractivity contribution in [3.8, 4) is 5.75 Å². The van der Waals surface area contributed by atoms with Crippen molar-refractivity contribution >= 4 is 61.9 Å². The first-order chi connectivity index (χ1) is 12.4. The van der Waals surface area contributed by atoms with Crippen LogP contribution in [0.1, 0.15) is 16.7 Å². The number of fused-ring (bicyclic) bond motifs is 1. The van der Waals surface area contributed by atoms with Gasteiger partial charge in [0.15, 0.2) is 5.13 Å². The lowest BCUT2D eigenvalue weighted by atomic mass is 10.1. The highest BCUT2D eigenvalue weighted by molar-refractivity contribution is 7.22. The number of carbonyl (C=O) groups is 1. The van der Waals surface area contributed by atoms with E-state index < -0.39 is 0 Å². The molecule has 0 saturated carbocycles. The van der Waals surface area contributed by atoms with E-state index in [1.807, 2.05) is 13.8 Å². The standard InChI is InChI=1S/C19H16Cl2N2O2S/c1-10-6-11(2)17-15(7-10)26-19(23-17)22-16(24)5-4-12-8-13(20)9-14(21)18(12)25-3/h4-9H,1-3H3,(H,22,23,24)/b5-4+. The van der Waals surface area contributed by atoms with Gasteiger partial charge >= 0.3 is 0 Å². The maximum absolute atomic E-state index is 12.2. The summed E-state index contributed by atoms with van der Waals surface area (Å²) in [6.45, 7) is 4.05. The van der Waals surface area contributed by atoms with Gasteiger partial charge in [0.2, 0.25) is 5.91 Å². The third-order valence-corrected chi connectivity index (χ3v) is 5.13. The molecular weight excluding hydrogens is 391 g/mol. The quantitative estimate of drug-likeness (QED) is 0.550. The predicted molar refractivity (Wildman–Crippen MR) is 110 cm³/mol. The van der Waals surface area contributed by atoms with Crippen LogP contribution in [0.4, 0.5) is 5.13 Å². The number of aryl methyl sites for hydroxylation is 2. The number of rotatable bonds is 4. The number of nitrogens with one attached hydrogen (secondary N) is 1. The lowest BCUT2D eigenvalue weighted by molar-refractivity contribution is -0.111. The van der Waals surface area contributed by atoms with Crippen molar-refractivity contribution in [2.45, 2.75) is 13.8 Å². The fourth-order valence-electron chi connectivity index (χ4n) is 2.66. The van der Waals surface area contributed by atoms with Gasteiger partial charge in [0.1, 0.15) is 5.75 Å². The number of ether oxygens (including phenoxy) is 1. The van der Waals surface area contributed by atoms with Gasteiger partial charge < -0.3 is 4.74 Å². The number of benzene rings is 2. The van der Waals surface area contributed by atoms with Gasteiger partial charge in [-0.1, -0.05) is 40.6 Å². The van der Waals surface area contributed by atoms with Crippen LogP contribution >= 0.6 is 34.5 Å². The van der Waals surface area contributed by atoms with Crippen LogP contribution in [0, 0.1) is 13.8 Å². The smallest absolute Gasteiger partial charge is 0.250 e. The molecule has 0 atom stereocenters. The Morgan fingerprint density at radius 1 is 1.23 bits per heavy atom. The molecular formula is C19H16Cl2N2O2S. The molecule has 1 amide bonds. The minimum absolute atomic E-state index is 0.295. The first-order valence-corrected chi connectivity index (χ1v) is 9.34. The van der Waals surface area contributed by atoms with Crippen molar-refractivity contribution in [3.63, 3.8) is 0 Å². The molecule has 0 spiro atoms. The molecule has 0 aliphatic carbocycles. The number of nitrogens with zero attached hydrogens (tertiary/aromatic N) is 1. The van der Waals surface area contributed by atoms with Gasteiger partial charge in [-0.25, -0.2) is 4.98 Å². The number of thiazole rings is 1. The molecule has 3 rings (SSSR count). The number of aromatic nitrogens is 1. The number of hydrogen-bond acceptors (Lipinski definition) is 4. The average molecular weight is 407 g/mol. The van der Waals surface area contributed by atoms with Crippen LogP contribution in [0.2, 0.25) is 10.0 Å². The zero-order chi connectivity index (χ0) is 18.8. The zero-order valence-electron chi connectivity index (χ0n) is 14.4. The van der Waals surface area contributed by atoms with Gasteiger partial charge in [0, 0.05) is 16.7 Å². The Kier molecular flexibility index (Phi) is 5.51. The second-order valence-corrected chi connectivity index (χ2v) is 7.65. The van der Waals surface area contributed by atoms with Crippen LogP contribution in [0.3, 0.4) is 0 Å². The van der Waals surface area contributed by atoms with Crippen LogP contribution in [0.25, 0.3) is 16.3 Å². The largest absolute Gasteiger partial charge is 0.495 e. The maximum Gasteiger partial charge on any atom is 0.250 e. The predicted octanol–water partition coefficient (Wildman–Crippen LogP) is 5.88. The molecule has 1 N–H and O–H groups in total. The first kappa shape index (κ1) is 18.7. The van der Waals surface area contributed by atoms with E-state index in [1.54, 1.807) is 18.2 Å². The molecule has 26 heavy (non-hydrogen) atoms. The molecule has 134 valence electrons. The van der Waals surface area contributed by atoms with Gasteiger partial charge in [-0.2, -0.15) is 0 Å². The molecule has 0 saturated heterocycles. The van der Waals surface area contributed by atoms with E-state index >= 15 is 0 Å². The molecule has 0 aliphatic heterocycles. The summed E-state index contributed by atoms with van der Waals surface area (Å²) < 4.78 is 6.31. The summed E-state index contributed by atoms with van der Waals surface area (Å²) >= 11 is 13.6. The molecule has 1 aromatic heterocycles. The lowest BCUT2D eigenvalue weighted by Crippen LogP contribution is -2.07. The topological polar surface area (TPSA) is 51.2 Å². The van der Waals surface area contributed by atoms with Gasteiger partial charge in [-0.3, -0.25) is 10.1 Å². The Morgan fingerprint density at radius 3 is 2.73 bits per heavy atom. The van der Waals surface area contributed by atoms with E-state index in [2.05, 4.69) is 22.4 Å². The summed E-state index contributed by atoms with van der Waals surface area (Å²) in [6, 6.07) is 7.40. The monoisotopic (exact) mass is 406 g/mol. The van der Waals surface area contributed by atoms with Crippen molar-refractivity contribution in [1.29, 1.82) is 0 Å². The highest BCUT2D eigenvalue weighted by Crippen LogP contribution is 2.33. The maximum atomic E-state index is 12.2. The van der Waals surface area contributed by atoms with Gasteiger partial charge in [-0.15, -0.1) is 0 Å². The zero-order valence-corrected chi connectivity index (χ0v) is 16.7. The normalized spacial score (nSPS) is 11.3. The van der Waals surface area contributed by atoms with Gasteiger partial charge in [0.05, 0.1) is 22.3 Å². The molecule has 7 heteroatoms. The van der Waals surface area contributed by atoms with E-state index in [4.69, 9.17) is 27.9 Å². The molecule has 2 aromatic carbocycles. The van der Waals surface area contributed by atoms with Gasteiger partial charge in [-0.05, 0) is 49.2 Å². The Morgan fingerprint density at radius 2 is 2.00 bits per heavy atom. The van der Waals surface area contributed by atoms with E-state index in [0.717, 1.165) is 15.8 Å². The third-order valence-electron chi connectivity index (χ3n) is 3.72. The summed E-state index contributed by atoms with van der Waals surface area (Å²) in [7, 11) is 1.51. The minimum atomic E-state index is -0.295. The number of carbonyl (C=O) groups excluding carboxylic acids is 1. The Bertz CT molecular complexity index is 1030. The van der Waals surface area contributed by atoms with Crippen LogP contribution in [0.15, 0.2) is 30.3 Å². The molecule has 0 unspecified atom stereocenters. The van der Waals surface area contributed by atoms with Crippen LogP contribution in [-0.2, 0) is 4.79 Å². The molecule has 0 bridgehead atoms. The van der Waals surface area contributed by atoms with Crippen LogP contribution in [0.5, 0.6) is 5.75 Å². The summed E-state index contributed by atoms with van der Waals surface area (Å²) in [4.78, 5) is 16.7. The SMILES string of the molecule is COc1c(Cl)cc(Cl)cc1/C=C/C(=O)Nc1nc2c(C)cc(C)cc2s1. The number of methoxy groups -OCH3 is 1. The summed E-state index contributed by atoms with van der Waals surface area (Å²) in [6.07, 6.45) is 3.00. The third kappa shape index (κ3) is 4.01. The Hall–Kier alpha value is -2.08. The van der Waals surface area contributed by atoms with E-state index in [-0.39, 0.29) is 5.91 Å². The second kappa shape index (κ2) is 7.66. The van der Waals surface area contributed by atoms with Crippen molar-refractivity contribution in [2.75, 3.05) is 12.4 Å². The molecule has 3 aromatic rings.